The Morgan fingerprint density at radius 2 is 1.59 bits per heavy atom. The van der Waals surface area contributed by atoms with Gasteiger partial charge in [-0.05, 0) is 81.6 Å². The first kappa shape index (κ1) is 23.5. The normalized spacial score (nSPS) is 12.1. The van der Waals surface area contributed by atoms with Crippen molar-refractivity contribution < 1.29 is 14.3 Å². The highest BCUT2D eigenvalue weighted by Gasteiger charge is 2.15. The van der Waals surface area contributed by atoms with Crippen molar-refractivity contribution in [1.29, 1.82) is 0 Å². The minimum absolute atomic E-state index is 0.112. The number of amides is 1. The molecule has 1 unspecified atom stereocenters. The van der Waals surface area contributed by atoms with Crippen molar-refractivity contribution in [2.45, 2.75) is 59.7 Å². The zero-order chi connectivity index (χ0) is 23.3. The van der Waals surface area contributed by atoms with Crippen LogP contribution in [0.2, 0.25) is 0 Å². The van der Waals surface area contributed by atoms with Gasteiger partial charge in [0.1, 0.15) is 11.5 Å². The lowest BCUT2D eigenvalue weighted by Gasteiger charge is -2.17. The number of aromatic nitrogens is 1. The van der Waals surface area contributed by atoms with Gasteiger partial charge in [-0.15, -0.1) is 0 Å². The highest BCUT2D eigenvalue weighted by atomic mass is 16.5. The van der Waals surface area contributed by atoms with Gasteiger partial charge in [0.2, 0.25) is 0 Å². The predicted molar refractivity (Wildman–Crippen MR) is 129 cm³/mol. The molecule has 0 aliphatic rings. The second kappa shape index (κ2) is 10.4. The van der Waals surface area contributed by atoms with E-state index in [4.69, 9.17) is 9.47 Å². The second-order valence-electron chi connectivity index (χ2n) is 8.47. The van der Waals surface area contributed by atoms with Crippen molar-refractivity contribution in [2.75, 3.05) is 5.32 Å². The molecule has 5 nitrogen and oxygen atoms in total. The van der Waals surface area contributed by atoms with E-state index in [-0.39, 0.29) is 18.1 Å². The molecule has 32 heavy (non-hydrogen) atoms. The number of nitrogens with zero attached hydrogens (tertiary/aromatic N) is 1. The Morgan fingerprint density at radius 3 is 2.22 bits per heavy atom. The summed E-state index contributed by atoms with van der Waals surface area (Å²) in [5, 5.41) is 2.93. The molecule has 0 saturated heterocycles. The molecular formula is C27H32N2O3. The van der Waals surface area contributed by atoms with Crippen molar-refractivity contribution >= 4 is 11.6 Å². The highest BCUT2D eigenvalue weighted by molar-refractivity contribution is 6.05. The SMILES string of the molecule is Cc1nc(C(C)OC(C)C)ccc1C(=O)Nc1ccc(Oc2ccccc2C(C)C)cc1. The zero-order valence-electron chi connectivity index (χ0n) is 19.7. The second-order valence-corrected chi connectivity index (χ2v) is 8.47. The third-order valence-corrected chi connectivity index (χ3v) is 5.13. The Hall–Kier alpha value is -3.18. The van der Waals surface area contributed by atoms with Gasteiger partial charge in [-0.1, -0.05) is 32.0 Å². The van der Waals surface area contributed by atoms with Crippen LogP contribution in [0.15, 0.2) is 60.7 Å². The van der Waals surface area contributed by atoms with E-state index in [0.29, 0.717) is 22.9 Å². The molecule has 0 saturated carbocycles. The van der Waals surface area contributed by atoms with Gasteiger partial charge in [0.05, 0.1) is 29.2 Å². The lowest BCUT2D eigenvalue weighted by molar-refractivity contribution is 0.0154. The van der Waals surface area contributed by atoms with Gasteiger partial charge in [-0.25, -0.2) is 0 Å². The fourth-order valence-corrected chi connectivity index (χ4v) is 3.51. The predicted octanol–water partition coefficient (Wildman–Crippen LogP) is 7.04. The van der Waals surface area contributed by atoms with E-state index in [1.54, 1.807) is 6.07 Å². The molecule has 0 bridgehead atoms. The maximum absolute atomic E-state index is 12.8. The standard InChI is InChI=1S/C27H32N2O3/c1-17(2)23-9-7-8-10-26(23)32-22-13-11-21(12-14-22)29-27(30)24-15-16-25(28-19(24)5)20(6)31-18(3)4/h7-18,20H,1-6H3,(H,29,30). The smallest absolute Gasteiger partial charge is 0.257 e. The average molecular weight is 433 g/mol. The summed E-state index contributed by atoms with van der Waals surface area (Å²) < 4.78 is 11.8. The molecule has 0 spiro atoms. The molecular weight excluding hydrogens is 400 g/mol. The van der Waals surface area contributed by atoms with Gasteiger partial charge < -0.3 is 14.8 Å². The summed E-state index contributed by atoms with van der Waals surface area (Å²) in [6, 6.07) is 19.0. The number of pyridine rings is 1. The Kier molecular flexibility index (Phi) is 7.65. The van der Waals surface area contributed by atoms with Crippen LogP contribution in [-0.2, 0) is 4.74 Å². The van der Waals surface area contributed by atoms with Gasteiger partial charge >= 0.3 is 0 Å². The van der Waals surface area contributed by atoms with Gasteiger partial charge in [0.25, 0.3) is 5.91 Å². The van der Waals surface area contributed by atoms with Gasteiger partial charge in [0, 0.05) is 5.69 Å². The fraction of sp³-hybridized carbons (Fsp3) is 0.333. The van der Waals surface area contributed by atoms with E-state index in [1.807, 2.05) is 76.2 Å². The molecule has 1 atom stereocenters. The lowest BCUT2D eigenvalue weighted by atomic mass is 10.0. The number of anilines is 1. The van der Waals surface area contributed by atoms with Crippen LogP contribution >= 0.6 is 0 Å². The first-order valence-corrected chi connectivity index (χ1v) is 11.1. The molecule has 0 aliphatic heterocycles. The topological polar surface area (TPSA) is 60.5 Å². The van der Waals surface area contributed by atoms with Crippen LogP contribution in [0.4, 0.5) is 5.69 Å². The number of hydrogen-bond donors (Lipinski definition) is 1. The van der Waals surface area contributed by atoms with E-state index in [1.165, 1.54) is 0 Å². The highest BCUT2D eigenvalue weighted by Crippen LogP contribution is 2.31. The first-order chi connectivity index (χ1) is 15.2. The number of rotatable bonds is 8. The monoisotopic (exact) mass is 432 g/mol. The molecule has 0 aliphatic carbocycles. The Labute approximate surface area is 190 Å². The third kappa shape index (κ3) is 5.95. The molecule has 5 heteroatoms. The summed E-state index contributed by atoms with van der Waals surface area (Å²) in [6.07, 6.45) is -0.0138. The lowest BCUT2D eigenvalue weighted by Crippen LogP contribution is -2.16. The van der Waals surface area contributed by atoms with Crippen LogP contribution in [-0.4, -0.2) is 17.0 Å². The molecule has 2 aromatic carbocycles. The minimum Gasteiger partial charge on any atom is -0.457 e. The van der Waals surface area contributed by atoms with Gasteiger partial charge in [0.15, 0.2) is 0 Å². The first-order valence-electron chi connectivity index (χ1n) is 11.1. The Bertz CT molecular complexity index is 1060. The molecule has 1 N–H and O–H groups in total. The largest absolute Gasteiger partial charge is 0.457 e. The molecule has 168 valence electrons. The minimum atomic E-state index is -0.196. The number of para-hydroxylation sites is 1. The quantitative estimate of drug-likeness (QED) is 0.414. The van der Waals surface area contributed by atoms with E-state index in [0.717, 1.165) is 22.8 Å². The van der Waals surface area contributed by atoms with E-state index in [2.05, 4.69) is 30.2 Å². The summed E-state index contributed by atoms with van der Waals surface area (Å²) in [6.45, 7) is 12.1. The molecule has 1 amide bonds. The number of benzene rings is 2. The van der Waals surface area contributed by atoms with Crippen molar-refractivity contribution in [2.24, 2.45) is 0 Å². The summed E-state index contributed by atoms with van der Waals surface area (Å²) in [7, 11) is 0. The third-order valence-electron chi connectivity index (χ3n) is 5.13. The maximum atomic E-state index is 12.8. The molecule has 1 heterocycles. The summed E-state index contributed by atoms with van der Waals surface area (Å²) in [4.78, 5) is 17.3. The molecule has 3 rings (SSSR count). The van der Waals surface area contributed by atoms with E-state index >= 15 is 0 Å². The van der Waals surface area contributed by atoms with Crippen LogP contribution < -0.4 is 10.1 Å². The summed E-state index contributed by atoms with van der Waals surface area (Å²) >= 11 is 0. The average Bonchev–Trinajstić information content (AvgIpc) is 2.74. The van der Waals surface area contributed by atoms with Crippen LogP contribution in [0.3, 0.4) is 0 Å². The summed E-state index contributed by atoms with van der Waals surface area (Å²) in [5.74, 6) is 1.74. The van der Waals surface area contributed by atoms with Crippen molar-refractivity contribution in [3.63, 3.8) is 0 Å². The van der Waals surface area contributed by atoms with Crippen LogP contribution in [0.1, 0.15) is 73.9 Å². The fourth-order valence-electron chi connectivity index (χ4n) is 3.51. The van der Waals surface area contributed by atoms with Crippen LogP contribution in [0.25, 0.3) is 0 Å². The van der Waals surface area contributed by atoms with Crippen LogP contribution in [0.5, 0.6) is 11.5 Å². The van der Waals surface area contributed by atoms with Crippen LogP contribution in [0, 0.1) is 6.92 Å². The molecule has 1 aromatic heterocycles. The number of nitrogens with one attached hydrogen (secondary N) is 1. The van der Waals surface area contributed by atoms with Crippen molar-refractivity contribution in [3.05, 3.63) is 83.2 Å². The number of carbonyl (C=O) groups is 1. The van der Waals surface area contributed by atoms with Gasteiger partial charge in [-0.2, -0.15) is 0 Å². The number of ether oxygens (including phenoxy) is 2. The van der Waals surface area contributed by atoms with E-state index < -0.39 is 0 Å². The molecule has 3 aromatic rings. The zero-order valence-corrected chi connectivity index (χ0v) is 19.7. The van der Waals surface area contributed by atoms with E-state index in [9.17, 15) is 4.79 Å². The summed E-state index contributed by atoms with van der Waals surface area (Å²) in [5.41, 5.74) is 3.88. The number of carbonyl (C=O) groups excluding carboxylic acids is 1. The molecule has 0 fully saturated rings. The Morgan fingerprint density at radius 1 is 0.906 bits per heavy atom. The molecule has 0 radical (unpaired) electrons. The van der Waals surface area contributed by atoms with Crippen molar-refractivity contribution in [1.82, 2.24) is 4.98 Å². The van der Waals surface area contributed by atoms with Crippen molar-refractivity contribution in [3.8, 4) is 11.5 Å². The maximum Gasteiger partial charge on any atom is 0.257 e. The Balaban J connectivity index is 1.67. The number of hydrogen-bond acceptors (Lipinski definition) is 4. The number of aryl methyl sites for hydroxylation is 1. The van der Waals surface area contributed by atoms with Gasteiger partial charge in [-0.3, -0.25) is 9.78 Å².